The Morgan fingerprint density at radius 1 is 1.29 bits per heavy atom. The van der Waals surface area contributed by atoms with Gasteiger partial charge in [-0.3, -0.25) is 20.0 Å². The van der Waals surface area contributed by atoms with Gasteiger partial charge in [0.05, 0.1) is 16.9 Å². The quantitative estimate of drug-likeness (QED) is 0.593. The van der Waals surface area contributed by atoms with Gasteiger partial charge in [0, 0.05) is 26.2 Å². The topological polar surface area (TPSA) is 93.0 Å². The lowest BCUT2D eigenvalue weighted by molar-refractivity contribution is -0.384. The van der Waals surface area contributed by atoms with Crippen molar-refractivity contribution in [2.45, 2.75) is 25.2 Å². The molecule has 1 aromatic rings. The Morgan fingerprint density at radius 3 is 2.38 bits per heavy atom. The zero-order valence-corrected chi connectivity index (χ0v) is 15.1. The van der Waals surface area contributed by atoms with E-state index < -0.39 is 14.9 Å². The Hall–Kier alpha value is -1.71. The Bertz CT molecular complexity index is 712. The summed E-state index contributed by atoms with van der Waals surface area (Å²) in [7, 11) is -0.865. The number of benzene rings is 1. The van der Waals surface area contributed by atoms with Gasteiger partial charge in [-0.2, -0.15) is 4.31 Å². The normalized spacial score (nSPS) is 22.3. The van der Waals surface area contributed by atoms with E-state index in [0.29, 0.717) is 13.1 Å². The average Bonchev–Trinajstić information content (AvgIpc) is 2.52. The van der Waals surface area contributed by atoms with Gasteiger partial charge in [0.25, 0.3) is 5.69 Å². The van der Waals surface area contributed by atoms with Crippen molar-refractivity contribution in [3.63, 3.8) is 0 Å². The SMILES string of the molecule is CON(C)c1ccc(S(=O)(=O)N2C[C@@H](C)C[C@H](C)C2)cc1[N+](=O)[O-]. The molecule has 0 aromatic heterocycles. The van der Waals surface area contributed by atoms with Crippen LogP contribution in [0.5, 0.6) is 0 Å². The fraction of sp³-hybridized carbons (Fsp3) is 0.600. The van der Waals surface area contributed by atoms with E-state index in [2.05, 4.69) is 0 Å². The van der Waals surface area contributed by atoms with Crippen LogP contribution in [0.2, 0.25) is 0 Å². The lowest BCUT2D eigenvalue weighted by Crippen LogP contribution is -2.42. The predicted molar refractivity (Wildman–Crippen MR) is 90.2 cm³/mol. The fourth-order valence-corrected chi connectivity index (χ4v) is 4.83. The van der Waals surface area contributed by atoms with Crippen LogP contribution in [-0.2, 0) is 14.9 Å². The molecule has 0 spiro atoms. The van der Waals surface area contributed by atoms with Crippen molar-refractivity contribution in [3.05, 3.63) is 28.3 Å². The van der Waals surface area contributed by atoms with Crippen LogP contribution < -0.4 is 5.06 Å². The first-order valence-electron chi connectivity index (χ1n) is 7.73. The van der Waals surface area contributed by atoms with Crippen molar-refractivity contribution in [2.75, 3.05) is 32.3 Å². The molecular weight excluding hydrogens is 334 g/mol. The van der Waals surface area contributed by atoms with Gasteiger partial charge in [0.2, 0.25) is 10.0 Å². The second-order valence-corrected chi connectivity index (χ2v) is 8.29. The van der Waals surface area contributed by atoms with E-state index >= 15 is 0 Å². The maximum absolute atomic E-state index is 12.9. The Kier molecular flexibility index (Phi) is 5.46. The molecule has 2 atom stereocenters. The van der Waals surface area contributed by atoms with Gasteiger partial charge < -0.3 is 0 Å². The van der Waals surface area contributed by atoms with E-state index in [1.54, 1.807) is 0 Å². The minimum atomic E-state index is -3.76. The first-order chi connectivity index (χ1) is 11.2. The van der Waals surface area contributed by atoms with Gasteiger partial charge in [0.1, 0.15) is 5.69 Å². The van der Waals surface area contributed by atoms with Crippen LogP contribution in [0.15, 0.2) is 23.1 Å². The maximum Gasteiger partial charge on any atom is 0.296 e. The van der Waals surface area contributed by atoms with Gasteiger partial charge in [-0.25, -0.2) is 8.42 Å². The predicted octanol–water partition coefficient (Wildman–Crippen LogP) is 2.26. The molecule has 0 amide bonds. The van der Waals surface area contributed by atoms with E-state index in [4.69, 9.17) is 4.84 Å². The molecule has 0 aliphatic carbocycles. The number of rotatable bonds is 5. The van der Waals surface area contributed by atoms with E-state index in [1.807, 2.05) is 13.8 Å². The highest BCUT2D eigenvalue weighted by Gasteiger charge is 2.33. The molecule has 9 heteroatoms. The van der Waals surface area contributed by atoms with Crippen LogP contribution in [0.3, 0.4) is 0 Å². The fourth-order valence-electron chi connectivity index (χ4n) is 3.13. The third-order valence-electron chi connectivity index (χ3n) is 4.23. The summed E-state index contributed by atoms with van der Waals surface area (Å²) < 4.78 is 27.1. The maximum atomic E-state index is 12.9. The molecule has 0 N–H and O–H groups in total. The zero-order chi connectivity index (χ0) is 18.1. The highest BCUT2D eigenvalue weighted by Crippen LogP contribution is 2.33. The monoisotopic (exact) mass is 357 g/mol. The number of nitrogens with zero attached hydrogens (tertiary/aromatic N) is 3. The second kappa shape index (κ2) is 7.04. The number of hydrogen-bond donors (Lipinski definition) is 0. The van der Waals surface area contributed by atoms with Crippen molar-refractivity contribution in [1.82, 2.24) is 4.31 Å². The first-order valence-corrected chi connectivity index (χ1v) is 9.17. The van der Waals surface area contributed by atoms with E-state index in [-0.39, 0.29) is 28.1 Å². The lowest BCUT2D eigenvalue weighted by atomic mass is 9.94. The summed E-state index contributed by atoms with van der Waals surface area (Å²) in [6.07, 6.45) is 0.976. The summed E-state index contributed by atoms with van der Waals surface area (Å²) >= 11 is 0. The van der Waals surface area contributed by atoms with Gasteiger partial charge in [-0.1, -0.05) is 13.8 Å². The van der Waals surface area contributed by atoms with Gasteiger partial charge in [-0.15, -0.1) is 0 Å². The molecule has 1 aromatic carbocycles. The summed E-state index contributed by atoms with van der Waals surface area (Å²) in [6, 6.07) is 3.88. The third-order valence-corrected chi connectivity index (χ3v) is 6.06. The molecule has 0 saturated carbocycles. The highest BCUT2D eigenvalue weighted by molar-refractivity contribution is 7.89. The summed E-state index contributed by atoms with van der Waals surface area (Å²) in [5.74, 6) is 0.523. The zero-order valence-electron chi connectivity index (χ0n) is 14.3. The van der Waals surface area contributed by atoms with Crippen molar-refractivity contribution in [2.24, 2.45) is 11.8 Å². The van der Waals surface area contributed by atoms with Crippen LogP contribution in [0.1, 0.15) is 20.3 Å². The third kappa shape index (κ3) is 3.68. The molecule has 0 radical (unpaired) electrons. The molecule has 24 heavy (non-hydrogen) atoms. The number of sulfonamides is 1. The van der Waals surface area contributed by atoms with Crippen molar-refractivity contribution in [1.29, 1.82) is 0 Å². The van der Waals surface area contributed by atoms with Crippen LogP contribution in [0, 0.1) is 22.0 Å². The Morgan fingerprint density at radius 2 is 1.88 bits per heavy atom. The van der Waals surface area contributed by atoms with E-state index in [9.17, 15) is 18.5 Å². The summed E-state index contributed by atoms with van der Waals surface area (Å²) in [5.41, 5.74) is -0.111. The molecule has 1 saturated heterocycles. The number of nitro groups is 1. The van der Waals surface area contributed by atoms with E-state index in [1.165, 1.54) is 35.7 Å². The van der Waals surface area contributed by atoms with Gasteiger partial charge >= 0.3 is 0 Å². The number of piperidine rings is 1. The average molecular weight is 357 g/mol. The number of hydroxylamine groups is 1. The molecule has 1 fully saturated rings. The van der Waals surface area contributed by atoms with Crippen LogP contribution >= 0.6 is 0 Å². The summed E-state index contributed by atoms with van der Waals surface area (Å²) in [4.78, 5) is 15.6. The highest BCUT2D eigenvalue weighted by atomic mass is 32.2. The van der Waals surface area contributed by atoms with Gasteiger partial charge in [-0.05, 0) is 30.4 Å². The molecule has 2 rings (SSSR count). The van der Waals surface area contributed by atoms with Crippen molar-refractivity contribution >= 4 is 21.4 Å². The van der Waals surface area contributed by atoms with Crippen LogP contribution in [0.4, 0.5) is 11.4 Å². The van der Waals surface area contributed by atoms with Crippen LogP contribution in [-0.4, -0.2) is 44.9 Å². The molecule has 1 aliphatic rings. The Labute approximate surface area is 142 Å². The van der Waals surface area contributed by atoms with E-state index in [0.717, 1.165) is 12.5 Å². The minimum absolute atomic E-state index is 0.0660. The number of anilines is 1. The van der Waals surface area contributed by atoms with Crippen LogP contribution in [0.25, 0.3) is 0 Å². The second-order valence-electron chi connectivity index (χ2n) is 6.36. The molecule has 134 valence electrons. The largest absolute Gasteiger partial charge is 0.296 e. The minimum Gasteiger partial charge on any atom is -0.277 e. The van der Waals surface area contributed by atoms with Crippen molar-refractivity contribution < 1.29 is 18.2 Å². The standard InChI is InChI=1S/C15H23N3O5S/c1-11-7-12(2)10-17(9-11)24(21,22)13-5-6-14(16(3)23-4)15(8-13)18(19)20/h5-6,8,11-12H,7,9-10H2,1-4H3/t11-,12-/m0/s1. The molecule has 1 aliphatic heterocycles. The summed E-state index contributed by atoms with van der Waals surface area (Å²) in [5, 5.41) is 12.5. The van der Waals surface area contributed by atoms with Crippen molar-refractivity contribution in [3.8, 4) is 0 Å². The number of nitro benzene ring substituents is 1. The molecular formula is C15H23N3O5S. The first kappa shape index (κ1) is 18.6. The summed E-state index contributed by atoms with van der Waals surface area (Å²) in [6.45, 7) is 4.88. The molecule has 1 heterocycles. The van der Waals surface area contributed by atoms with Gasteiger partial charge in [0.15, 0.2) is 0 Å². The number of hydrogen-bond acceptors (Lipinski definition) is 6. The molecule has 8 nitrogen and oxygen atoms in total. The lowest BCUT2D eigenvalue weighted by Gasteiger charge is -2.34. The smallest absolute Gasteiger partial charge is 0.277 e. The molecule has 0 bridgehead atoms. The molecule has 0 unspecified atom stereocenters. The Balaban J connectivity index is 2.44.